The van der Waals surface area contributed by atoms with Crippen LogP contribution in [-0.4, -0.2) is 36.6 Å². The predicted octanol–water partition coefficient (Wildman–Crippen LogP) is 1.08. The number of pyridine rings is 1. The van der Waals surface area contributed by atoms with Gasteiger partial charge in [-0.3, -0.25) is 4.98 Å². The molecule has 1 fully saturated rings. The van der Waals surface area contributed by atoms with Crippen molar-refractivity contribution < 1.29 is 0 Å². The Morgan fingerprint density at radius 3 is 3.00 bits per heavy atom. The molecule has 0 aromatic carbocycles. The van der Waals surface area contributed by atoms with Crippen molar-refractivity contribution in [1.82, 2.24) is 9.88 Å². The average Bonchev–Trinajstić information content (AvgIpc) is 2.68. The largest absolute Gasteiger partial charge is 0.330 e. The standard InChI is InChI=1S/C12H19N3/c1-15-7-5-10(9-15)11(8-13)12-4-2-3-6-14-12/h2-4,6,10-11H,5,7-9,13H2,1H3. The Balaban J connectivity index is 2.11. The van der Waals surface area contributed by atoms with E-state index >= 15 is 0 Å². The lowest BCUT2D eigenvalue weighted by Crippen LogP contribution is -2.24. The second kappa shape index (κ2) is 4.73. The van der Waals surface area contributed by atoms with Crippen LogP contribution in [0, 0.1) is 5.92 Å². The molecule has 1 aliphatic heterocycles. The maximum Gasteiger partial charge on any atom is 0.0450 e. The summed E-state index contributed by atoms with van der Waals surface area (Å²) in [6.45, 7) is 3.04. The van der Waals surface area contributed by atoms with Gasteiger partial charge in [-0.05, 0) is 38.1 Å². The van der Waals surface area contributed by atoms with Crippen LogP contribution >= 0.6 is 0 Å². The molecule has 1 aromatic heterocycles. The van der Waals surface area contributed by atoms with E-state index in [1.807, 2.05) is 18.3 Å². The van der Waals surface area contributed by atoms with Crippen molar-refractivity contribution in [3.8, 4) is 0 Å². The highest BCUT2D eigenvalue weighted by Gasteiger charge is 2.28. The van der Waals surface area contributed by atoms with Gasteiger partial charge in [0.15, 0.2) is 0 Å². The quantitative estimate of drug-likeness (QED) is 0.802. The molecule has 1 aromatic rings. The zero-order valence-electron chi connectivity index (χ0n) is 9.26. The minimum absolute atomic E-state index is 0.427. The number of hydrogen-bond acceptors (Lipinski definition) is 3. The van der Waals surface area contributed by atoms with Crippen LogP contribution in [0.1, 0.15) is 18.0 Å². The molecule has 2 heterocycles. The van der Waals surface area contributed by atoms with Crippen molar-refractivity contribution in [2.24, 2.45) is 11.7 Å². The summed E-state index contributed by atoms with van der Waals surface area (Å²) >= 11 is 0. The summed E-state index contributed by atoms with van der Waals surface area (Å²) in [6.07, 6.45) is 3.10. The predicted molar refractivity (Wildman–Crippen MR) is 61.6 cm³/mol. The van der Waals surface area contributed by atoms with Gasteiger partial charge in [0.2, 0.25) is 0 Å². The number of rotatable bonds is 3. The van der Waals surface area contributed by atoms with E-state index in [0.29, 0.717) is 18.4 Å². The van der Waals surface area contributed by atoms with Gasteiger partial charge in [-0.1, -0.05) is 6.07 Å². The van der Waals surface area contributed by atoms with Crippen LogP contribution in [-0.2, 0) is 0 Å². The first-order valence-corrected chi connectivity index (χ1v) is 5.61. The minimum Gasteiger partial charge on any atom is -0.330 e. The van der Waals surface area contributed by atoms with Gasteiger partial charge in [0, 0.05) is 30.9 Å². The van der Waals surface area contributed by atoms with Crippen LogP contribution < -0.4 is 5.73 Å². The van der Waals surface area contributed by atoms with E-state index in [9.17, 15) is 0 Å². The maximum atomic E-state index is 5.87. The van der Waals surface area contributed by atoms with Crippen LogP contribution in [0.2, 0.25) is 0 Å². The Labute approximate surface area is 91.3 Å². The fourth-order valence-electron chi connectivity index (χ4n) is 2.45. The normalized spacial score (nSPS) is 24.3. The fraction of sp³-hybridized carbons (Fsp3) is 0.583. The van der Waals surface area contributed by atoms with Gasteiger partial charge in [0.05, 0.1) is 0 Å². The van der Waals surface area contributed by atoms with Gasteiger partial charge < -0.3 is 10.6 Å². The Morgan fingerprint density at radius 2 is 2.47 bits per heavy atom. The lowest BCUT2D eigenvalue weighted by Gasteiger charge is -2.21. The van der Waals surface area contributed by atoms with Crippen molar-refractivity contribution in [3.05, 3.63) is 30.1 Å². The van der Waals surface area contributed by atoms with Crippen LogP contribution in [0.25, 0.3) is 0 Å². The molecule has 2 rings (SSSR count). The first-order valence-electron chi connectivity index (χ1n) is 5.61. The van der Waals surface area contributed by atoms with E-state index in [0.717, 1.165) is 12.2 Å². The van der Waals surface area contributed by atoms with Crippen molar-refractivity contribution in [1.29, 1.82) is 0 Å². The summed E-state index contributed by atoms with van der Waals surface area (Å²) in [6, 6.07) is 6.09. The molecule has 0 saturated carbocycles. The lowest BCUT2D eigenvalue weighted by molar-refractivity contribution is 0.369. The molecule has 0 spiro atoms. The molecule has 1 aliphatic rings. The van der Waals surface area contributed by atoms with Crippen LogP contribution in [0.15, 0.2) is 24.4 Å². The summed E-state index contributed by atoms with van der Waals surface area (Å²) in [7, 11) is 2.17. The van der Waals surface area contributed by atoms with Gasteiger partial charge in [0.1, 0.15) is 0 Å². The van der Waals surface area contributed by atoms with E-state index in [-0.39, 0.29) is 0 Å². The summed E-state index contributed by atoms with van der Waals surface area (Å²) in [4.78, 5) is 6.79. The van der Waals surface area contributed by atoms with Crippen molar-refractivity contribution in [2.45, 2.75) is 12.3 Å². The topological polar surface area (TPSA) is 42.1 Å². The molecule has 0 bridgehead atoms. The van der Waals surface area contributed by atoms with Gasteiger partial charge in [-0.25, -0.2) is 0 Å². The summed E-state index contributed by atoms with van der Waals surface area (Å²) in [5, 5.41) is 0. The Hall–Kier alpha value is -0.930. The third kappa shape index (κ3) is 2.36. The first kappa shape index (κ1) is 10.6. The van der Waals surface area contributed by atoms with Crippen molar-refractivity contribution >= 4 is 0 Å². The highest BCUT2D eigenvalue weighted by molar-refractivity contribution is 5.12. The zero-order valence-corrected chi connectivity index (χ0v) is 9.26. The SMILES string of the molecule is CN1CCC(C(CN)c2ccccn2)C1. The number of hydrogen-bond donors (Lipinski definition) is 1. The van der Waals surface area contributed by atoms with E-state index in [1.165, 1.54) is 13.0 Å². The Kier molecular flexibility index (Phi) is 3.34. The van der Waals surface area contributed by atoms with Gasteiger partial charge in [-0.15, -0.1) is 0 Å². The van der Waals surface area contributed by atoms with E-state index in [4.69, 9.17) is 5.73 Å². The summed E-state index contributed by atoms with van der Waals surface area (Å²) in [5.74, 6) is 1.10. The lowest BCUT2D eigenvalue weighted by atomic mass is 9.88. The molecular weight excluding hydrogens is 186 g/mol. The zero-order chi connectivity index (χ0) is 10.7. The monoisotopic (exact) mass is 205 g/mol. The molecule has 2 unspecified atom stereocenters. The fourth-order valence-corrected chi connectivity index (χ4v) is 2.45. The highest BCUT2D eigenvalue weighted by Crippen LogP contribution is 2.29. The molecule has 3 nitrogen and oxygen atoms in total. The number of nitrogens with two attached hydrogens (primary N) is 1. The third-order valence-corrected chi connectivity index (χ3v) is 3.32. The number of likely N-dealkylation sites (tertiary alicyclic amines) is 1. The molecule has 2 N–H and O–H groups in total. The Morgan fingerprint density at radius 1 is 1.60 bits per heavy atom. The molecular formula is C12H19N3. The molecule has 1 saturated heterocycles. The maximum absolute atomic E-state index is 5.87. The molecule has 2 atom stereocenters. The third-order valence-electron chi connectivity index (χ3n) is 3.32. The first-order chi connectivity index (χ1) is 7.31. The van der Waals surface area contributed by atoms with Crippen LogP contribution in [0.4, 0.5) is 0 Å². The minimum atomic E-state index is 0.427. The van der Waals surface area contributed by atoms with Gasteiger partial charge in [0.25, 0.3) is 0 Å². The molecule has 82 valence electrons. The molecule has 3 heteroatoms. The van der Waals surface area contributed by atoms with Crippen molar-refractivity contribution in [2.75, 3.05) is 26.7 Å². The average molecular weight is 205 g/mol. The van der Waals surface area contributed by atoms with Crippen LogP contribution in [0.5, 0.6) is 0 Å². The second-order valence-electron chi connectivity index (χ2n) is 4.41. The summed E-state index contributed by atoms with van der Waals surface area (Å²) < 4.78 is 0. The molecule has 0 aliphatic carbocycles. The van der Waals surface area contributed by atoms with E-state index in [2.05, 4.69) is 23.0 Å². The van der Waals surface area contributed by atoms with Crippen LogP contribution in [0.3, 0.4) is 0 Å². The molecule has 0 amide bonds. The van der Waals surface area contributed by atoms with Crippen molar-refractivity contribution in [3.63, 3.8) is 0 Å². The summed E-state index contributed by atoms with van der Waals surface area (Å²) in [5.41, 5.74) is 7.02. The van der Waals surface area contributed by atoms with Gasteiger partial charge >= 0.3 is 0 Å². The number of aromatic nitrogens is 1. The molecule has 15 heavy (non-hydrogen) atoms. The number of nitrogens with zero attached hydrogens (tertiary/aromatic N) is 2. The smallest absolute Gasteiger partial charge is 0.0450 e. The molecule has 0 radical (unpaired) electrons. The Bertz CT molecular complexity index is 299. The van der Waals surface area contributed by atoms with E-state index in [1.54, 1.807) is 0 Å². The highest BCUT2D eigenvalue weighted by atomic mass is 15.1. The van der Waals surface area contributed by atoms with E-state index < -0.39 is 0 Å². The van der Waals surface area contributed by atoms with Gasteiger partial charge in [-0.2, -0.15) is 0 Å². The second-order valence-corrected chi connectivity index (χ2v) is 4.41.